The van der Waals surface area contributed by atoms with Crippen LogP contribution < -0.4 is 11.3 Å². The Labute approximate surface area is 122 Å². The van der Waals surface area contributed by atoms with Gasteiger partial charge in [0.2, 0.25) is 0 Å². The number of rotatable bonds is 4. The van der Waals surface area contributed by atoms with Gasteiger partial charge >= 0.3 is 0 Å². The molecule has 1 aliphatic carbocycles. The van der Waals surface area contributed by atoms with Crippen molar-refractivity contribution in [3.05, 3.63) is 70.5 Å². The van der Waals surface area contributed by atoms with Gasteiger partial charge in [-0.25, -0.2) is 4.39 Å². The van der Waals surface area contributed by atoms with E-state index in [4.69, 9.17) is 17.4 Å². The Hall–Kier alpha value is -1.42. The average molecular weight is 291 g/mol. The molecular weight excluding hydrogens is 275 g/mol. The zero-order chi connectivity index (χ0) is 14.1. The van der Waals surface area contributed by atoms with Gasteiger partial charge in [-0.05, 0) is 41.5 Å². The summed E-state index contributed by atoms with van der Waals surface area (Å²) in [6.07, 6.45) is 1.06. The van der Waals surface area contributed by atoms with Gasteiger partial charge in [0.15, 0.2) is 0 Å². The van der Waals surface area contributed by atoms with Gasteiger partial charge in [-0.3, -0.25) is 11.3 Å². The summed E-state index contributed by atoms with van der Waals surface area (Å²) in [5, 5.41) is 0.139. The van der Waals surface area contributed by atoms with E-state index in [9.17, 15) is 4.39 Å². The molecule has 104 valence electrons. The molecule has 3 rings (SSSR count). The van der Waals surface area contributed by atoms with Gasteiger partial charge in [0, 0.05) is 6.04 Å². The Bertz CT molecular complexity index is 603. The van der Waals surface area contributed by atoms with E-state index in [-0.39, 0.29) is 11.1 Å². The predicted octanol–water partition coefficient (Wildman–Crippen LogP) is 3.79. The summed E-state index contributed by atoms with van der Waals surface area (Å²) in [6.45, 7) is 0. The molecule has 0 radical (unpaired) electrons. The molecule has 2 nitrogen and oxygen atoms in total. The second-order valence-electron chi connectivity index (χ2n) is 5.23. The lowest BCUT2D eigenvalue weighted by Crippen LogP contribution is -2.30. The zero-order valence-corrected chi connectivity index (χ0v) is 11.6. The third kappa shape index (κ3) is 2.57. The molecule has 0 bridgehead atoms. The quantitative estimate of drug-likeness (QED) is 0.664. The van der Waals surface area contributed by atoms with Gasteiger partial charge in [0.25, 0.3) is 0 Å². The third-order valence-corrected chi connectivity index (χ3v) is 4.28. The van der Waals surface area contributed by atoms with E-state index in [1.54, 1.807) is 6.07 Å². The monoisotopic (exact) mass is 290 g/mol. The highest BCUT2D eigenvalue weighted by atomic mass is 35.5. The molecule has 0 heterocycles. The van der Waals surface area contributed by atoms with Crippen molar-refractivity contribution in [1.29, 1.82) is 0 Å². The number of halogens is 2. The van der Waals surface area contributed by atoms with E-state index in [1.807, 2.05) is 24.3 Å². The fraction of sp³-hybridized carbons (Fsp3) is 0.250. The highest BCUT2D eigenvalue weighted by molar-refractivity contribution is 6.30. The molecule has 1 saturated carbocycles. The fourth-order valence-corrected chi connectivity index (χ4v) is 2.96. The van der Waals surface area contributed by atoms with Crippen molar-refractivity contribution in [2.24, 2.45) is 11.8 Å². The number of hydrogen-bond donors (Lipinski definition) is 2. The molecule has 3 N–H and O–H groups in total. The Morgan fingerprint density at radius 2 is 1.95 bits per heavy atom. The summed E-state index contributed by atoms with van der Waals surface area (Å²) in [7, 11) is 0. The molecule has 1 aliphatic rings. The van der Waals surface area contributed by atoms with Crippen LogP contribution in [0.3, 0.4) is 0 Å². The van der Waals surface area contributed by atoms with Gasteiger partial charge < -0.3 is 0 Å². The topological polar surface area (TPSA) is 38.0 Å². The van der Waals surface area contributed by atoms with E-state index in [0.717, 1.165) is 12.0 Å². The third-order valence-electron chi connectivity index (χ3n) is 3.98. The van der Waals surface area contributed by atoms with Crippen molar-refractivity contribution in [2.75, 3.05) is 0 Å². The van der Waals surface area contributed by atoms with E-state index in [1.165, 1.54) is 11.6 Å². The summed E-state index contributed by atoms with van der Waals surface area (Å²) in [5.74, 6) is 6.14. The minimum Gasteiger partial charge on any atom is -0.271 e. The zero-order valence-electron chi connectivity index (χ0n) is 10.9. The van der Waals surface area contributed by atoms with Crippen LogP contribution in [0.2, 0.25) is 5.02 Å². The molecule has 0 amide bonds. The molecule has 0 aromatic heterocycles. The predicted molar refractivity (Wildman–Crippen MR) is 78.8 cm³/mol. The van der Waals surface area contributed by atoms with Crippen LogP contribution in [0.15, 0.2) is 48.5 Å². The molecule has 3 atom stereocenters. The normalized spacial score (nSPS) is 22.6. The first-order valence-corrected chi connectivity index (χ1v) is 7.04. The minimum absolute atomic E-state index is 0.0491. The van der Waals surface area contributed by atoms with Crippen LogP contribution in [0, 0.1) is 11.7 Å². The molecule has 2 aromatic rings. The highest BCUT2D eigenvalue weighted by Crippen LogP contribution is 2.53. The van der Waals surface area contributed by atoms with E-state index < -0.39 is 5.82 Å². The van der Waals surface area contributed by atoms with Gasteiger partial charge in [0.05, 0.1) is 5.02 Å². The maximum Gasteiger partial charge on any atom is 0.142 e. The number of hydrogen-bond acceptors (Lipinski definition) is 2. The highest BCUT2D eigenvalue weighted by Gasteiger charge is 2.44. The summed E-state index contributed by atoms with van der Waals surface area (Å²) in [6, 6.07) is 15.2. The van der Waals surface area contributed by atoms with Crippen molar-refractivity contribution >= 4 is 11.6 Å². The molecule has 0 saturated heterocycles. The Kier molecular flexibility index (Phi) is 3.74. The van der Waals surface area contributed by atoms with Gasteiger partial charge in [0.1, 0.15) is 5.82 Å². The standard InChI is InChI=1S/C16H16ClFN2/c17-14-7-6-11(8-15(14)18)16(20-19)13-9-12(13)10-4-2-1-3-5-10/h1-8,12-13,16,20H,9,19H2. The van der Waals surface area contributed by atoms with Crippen LogP contribution in [0.5, 0.6) is 0 Å². The van der Waals surface area contributed by atoms with Crippen LogP contribution in [0.4, 0.5) is 4.39 Å². The van der Waals surface area contributed by atoms with Gasteiger partial charge in [-0.2, -0.15) is 0 Å². The maximum absolute atomic E-state index is 13.6. The molecule has 0 spiro atoms. The molecular formula is C16H16ClFN2. The van der Waals surface area contributed by atoms with Crippen molar-refractivity contribution in [3.63, 3.8) is 0 Å². The van der Waals surface area contributed by atoms with Crippen molar-refractivity contribution in [1.82, 2.24) is 5.43 Å². The lowest BCUT2D eigenvalue weighted by molar-refractivity contribution is 0.484. The molecule has 3 unspecified atom stereocenters. The maximum atomic E-state index is 13.6. The Balaban J connectivity index is 1.80. The first-order valence-electron chi connectivity index (χ1n) is 6.66. The second-order valence-corrected chi connectivity index (χ2v) is 5.64. The molecule has 20 heavy (non-hydrogen) atoms. The lowest BCUT2D eigenvalue weighted by Gasteiger charge is -2.17. The molecule has 2 aromatic carbocycles. The summed E-state index contributed by atoms with van der Waals surface area (Å²) < 4.78 is 13.6. The Morgan fingerprint density at radius 1 is 1.20 bits per heavy atom. The van der Waals surface area contributed by atoms with Crippen molar-refractivity contribution in [2.45, 2.75) is 18.4 Å². The van der Waals surface area contributed by atoms with Crippen molar-refractivity contribution < 1.29 is 4.39 Å². The smallest absolute Gasteiger partial charge is 0.142 e. The fourth-order valence-electron chi connectivity index (χ4n) is 2.84. The van der Waals surface area contributed by atoms with Crippen LogP contribution >= 0.6 is 11.6 Å². The minimum atomic E-state index is -0.402. The molecule has 4 heteroatoms. The summed E-state index contributed by atoms with van der Waals surface area (Å²) in [5.41, 5.74) is 4.97. The van der Waals surface area contributed by atoms with E-state index >= 15 is 0 Å². The number of nitrogens with two attached hydrogens (primary N) is 1. The molecule has 0 aliphatic heterocycles. The van der Waals surface area contributed by atoms with Crippen molar-refractivity contribution in [3.8, 4) is 0 Å². The second kappa shape index (κ2) is 5.52. The number of benzene rings is 2. The summed E-state index contributed by atoms with van der Waals surface area (Å²) >= 11 is 5.72. The Morgan fingerprint density at radius 3 is 2.60 bits per heavy atom. The van der Waals surface area contributed by atoms with E-state index in [2.05, 4.69) is 17.6 Å². The van der Waals surface area contributed by atoms with Crippen LogP contribution in [0.1, 0.15) is 29.5 Å². The SMILES string of the molecule is NNC(c1ccc(Cl)c(F)c1)C1CC1c1ccccc1. The number of hydrazine groups is 1. The van der Waals surface area contributed by atoms with Gasteiger partial charge in [-0.1, -0.05) is 48.0 Å². The van der Waals surface area contributed by atoms with Crippen LogP contribution in [-0.2, 0) is 0 Å². The summed E-state index contributed by atoms with van der Waals surface area (Å²) in [4.78, 5) is 0. The number of nitrogens with one attached hydrogen (secondary N) is 1. The van der Waals surface area contributed by atoms with E-state index in [0.29, 0.717) is 11.8 Å². The largest absolute Gasteiger partial charge is 0.271 e. The average Bonchev–Trinajstić information content (AvgIpc) is 3.25. The van der Waals surface area contributed by atoms with Crippen LogP contribution in [-0.4, -0.2) is 0 Å². The first kappa shape index (κ1) is 13.6. The molecule has 1 fully saturated rings. The lowest BCUT2D eigenvalue weighted by atomic mass is 9.99. The first-order chi connectivity index (χ1) is 9.70. The van der Waals surface area contributed by atoms with Crippen LogP contribution in [0.25, 0.3) is 0 Å². The van der Waals surface area contributed by atoms with Gasteiger partial charge in [-0.15, -0.1) is 0 Å².